The lowest BCUT2D eigenvalue weighted by Gasteiger charge is -2.05. The Bertz CT molecular complexity index is 476. The van der Waals surface area contributed by atoms with Gasteiger partial charge in [-0.3, -0.25) is 5.10 Å². The second-order valence-electron chi connectivity index (χ2n) is 4.27. The predicted octanol–water partition coefficient (Wildman–Crippen LogP) is 2.41. The van der Waals surface area contributed by atoms with E-state index in [-0.39, 0.29) is 0 Å². The zero-order chi connectivity index (χ0) is 12.8. The highest BCUT2D eigenvalue weighted by Crippen LogP contribution is 2.11. The zero-order valence-electron chi connectivity index (χ0n) is 10.9. The van der Waals surface area contributed by atoms with Crippen molar-refractivity contribution < 1.29 is 4.74 Å². The monoisotopic (exact) mass is 245 g/mol. The van der Waals surface area contributed by atoms with Gasteiger partial charge in [-0.15, -0.1) is 5.10 Å². The highest BCUT2D eigenvalue weighted by atomic mass is 16.5. The molecule has 1 aromatic carbocycles. The summed E-state index contributed by atoms with van der Waals surface area (Å²) in [5.41, 5.74) is 3.44. The van der Waals surface area contributed by atoms with Crippen LogP contribution < -0.4 is 10.1 Å². The Morgan fingerprint density at radius 2 is 1.94 bits per heavy atom. The molecule has 0 bridgehead atoms. The number of ether oxygens (including phenoxy) is 1. The Balaban J connectivity index is 1.86. The van der Waals surface area contributed by atoms with E-state index in [0.29, 0.717) is 12.5 Å². The van der Waals surface area contributed by atoms with Gasteiger partial charge in [0.15, 0.2) is 0 Å². The van der Waals surface area contributed by atoms with Crippen LogP contribution in [0.4, 0.5) is 0 Å². The summed E-state index contributed by atoms with van der Waals surface area (Å²) in [6, 6.07) is 10.3. The molecule has 0 saturated heterocycles. The van der Waals surface area contributed by atoms with Crippen molar-refractivity contribution in [3.8, 4) is 5.88 Å². The molecular formula is C14H19N3O. The quantitative estimate of drug-likeness (QED) is 0.821. The van der Waals surface area contributed by atoms with Crippen LogP contribution in [0.5, 0.6) is 5.88 Å². The van der Waals surface area contributed by atoms with Gasteiger partial charge in [0.25, 0.3) is 0 Å². The number of H-pyrrole nitrogens is 1. The first-order valence-corrected chi connectivity index (χ1v) is 6.21. The van der Waals surface area contributed by atoms with Gasteiger partial charge >= 0.3 is 0 Å². The van der Waals surface area contributed by atoms with Gasteiger partial charge < -0.3 is 10.1 Å². The molecule has 0 fully saturated rings. The predicted molar refractivity (Wildman–Crippen MR) is 71.5 cm³/mol. The molecular weight excluding hydrogens is 226 g/mol. The fourth-order valence-corrected chi connectivity index (χ4v) is 1.65. The van der Waals surface area contributed by atoms with Crippen molar-refractivity contribution in [1.29, 1.82) is 0 Å². The third-order valence-electron chi connectivity index (χ3n) is 2.67. The molecule has 1 aromatic heterocycles. The molecule has 0 saturated carbocycles. The molecule has 0 aliphatic rings. The molecule has 0 aliphatic carbocycles. The highest BCUT2D eigenvalue weighted by Gasteiger charge is 1.99. The summed E-state index contributed by atoms with van der Waals surface area (Å²) in [5, 5.41) is 10.2. The molecule has 2 N–H and O–H groups in total. The van der Waals surface area contributed by atoms with Gasteiger partial charge in [0.1, 0.15) is 6.61 Å². The lowest BCUT2D eigenvalue weighted by atomic mass is 10.1. The van der Waals surface area contributed by atoms with Crippen LogP contribution in [0.1, 0.15) is 23.7 Å². The number of aromatic amines is 1. The van der Waals surface area contributed by atoms with E-state index < -0.39 is 0 Å². The van der Waals surface area contributed by atoms with Gasteiger partial charge in [-0.25, -0.2) is 0 Å². The van der Waals surface area contributed by atoms with Crippen LogP contribution in [0.25, 0.3) is 0 Å². The van der Waals surface area contributed by atoms with Gasteiger partial charge in [0.2, 0.25) is 5.88 Å². The first kappa shape index (κ1) is 12.6. The van der Waals surface area contributed by atoms with Crippen LogP contribution in [-0.4, -0.2) is 16.7 Å². The van der Waals surface area contributed by atoms with E-state index in [1.165, 1.54) is 5.56 Å². The number of aryl methyl sites for hydroxylation is 1. The van der Waals surface area contributed by atoms with Crippen molar-refractivity contribution in [2.45, 2.75) is 27.0 Å². The molecule has 2 rings (SSSR count). The fourth-order valence-electron chi connectivity index (χ4n) is 1.65. The summed E-state index contributed by atoms with van der Waals surface area (Å²) in [5.74, 6) is 0.643. The molecule has 4 heteroatoms. The number of rotatable bonds is 6. The molecule has 0 atom stereocenters. The molecule has 0 aliphatic heterocycles. The molecule has 0 radical (unpaired) electrons. The summed E-state index contributed by atoms with van der Waals surface area (Å²) in [4.78, 5) is 0. The first-order valence-electron chi connectivity index (χ1n) is 6.21. The maximum atomic E-state index is 5.58. The second-order valence-corrected chi connectivity index (χ2v) is 4.27. The SMILES string of the molecule is CCNCc1ccc(COc2cc(C)[nH]n2)cc1. The van der Waals surface area contributed by atoms with Crippen molar-refractivity contribution in [3.63, 3.8) is 0 Å². The van der Waals surface area contributed by atoms with Crippen LogP contribution in [0.2, 0.25) is 0 Å². The molecule has 1 heterocycles. The van der Waals surface area contributed by atoms with Gasteiger partial charge in [0, 0.05) is 18.3 Å². The van der Waals surface area contributed by atoms with Gasteiger partial charge in [-0.1, -0.05) is 31.2 Å². The van der Waals surface area contributed by atoms with Crippen molar-refractivity contribution >= 4 is 0 Å². The first-order chi connectivity index (χ1) is 8.78. The number of hydrogen-bond donors (Lipinski definition) is 2. The standard InChI is InChI=1S/C14H19N3O/c1-3-15-9-12-4-6-13(7-5-12)10-18-14-8-11(2)16-17-14/h4-8,15H,3,9-10H2,1-2H3,(H,16,17). The Hall–Kier alpha value is -1.81. The van der Waals surface area contributed by atoms with Crippen molar-refractivity contribution in [2.75, 3.05) is 6.54 Å². The van der Waals surface area contributed by atoms with Gasteiger partial charge in [0.05, 0.1) is 0 Å². The van der Waals surface area contributed by atoms with E-state index in [0.717, 1.165) is 24.3 Å². The molecule has 18 heavy (non-hydrogen) atoms. The Morgan fingerprint density at radius 3 is 2.56 bits per heavy atom. The molecule has 4 nitrogen and oxygen atoms in total. The number of nitrogens with zero attached hydrogens (tertiary/aromatic N) is 1. The number of aromatic nitrogens is 2. The molecule has 96 valence electrons. The Morgan fingerprint density at radius 1 is 1.22 bits per heavy atom. The smallest absolute Gasteiger partial charge is 0.233 e. The summed E-state index contributed by atoms with van der Waals surface area (Å²) < 4.78 is 5.58. The lowest BCUT2D eigenvalue weighted by Crippen LogP contribution is -2.11. The molecule has 0 amide bonds. The van der Waals surface area contributed by atoms with Crippen LogP contribution in [-0.2, 0) is 13.2 Å². The van der Waals surface area contributed by atoms with E-state index >= 15 is 0 Å². The minimum Gasteiger partial charge on any atom is -0.472 e. The van der Waals surface area contributed by atoms with Crippen LogP contribution in [0, 0.1) is 6.92 Å². The maximum Gasteiger partial charge on any atom is 0.233 e. The van der Waals surface area contributed by atoms with Crippen LogP contribution in [0.3, 0.4) is 0 Å². The Labute approximate surface area is 107 Å². The number of benzene rings is 1. The normalized spacial score (nSPS) is 10.6. The third kappa shape index (κ3) is 3.60. The van der Waals surface area contributed by atoms with E-state index in [1.54, 1.807) is 0 Å². The fraction of sp³-hybridized carbons (Fsp3) is 0.357. The van der Waals surface area contributed by atoms with Crippen molar-refractivity contribution in [1.82, 2.24) is 15.5 Å². The summed E-state index contributed by atoms with van der Waals surface area (Å²) >= 11 is 0. The average Bonchev–Trinajstić information content (AvgIpc) is 2.81. The average molecular weight is 245 g/mol. The largest absolute Gasteiger partial charge is 0.472 e. The van der Waals surface area contributed by atoms with E-state index in [9.17, 15) is 0 Å². The minimum absolute atomic E-state index is 0.547. The third-order valence-corrected chi connectivity index (χ3v) is 2.67. The number of hydrogen-bond acceptors (Lipinski definition) is 3. The second kappa shape index (κ2) is 6.21. The maximum absolute atomic E-state index is 5.58. The molecule has 0 spiro atoms. The summed E-state index contributed by atoms with van der Waals surface area (Å²) in [7, 11) is 0. The van der Waals surface area contributed by atoms with Gasteiger partial charge in [-0.2, -0.15) is 0 Å². The summed E-state index contributed by atoms with van der Waals surface area (Å²) in [6.07, 6.45) is 0. The van der Waals surface area contributed by atoms with Crippen LogP contribution in [0.15, 0.2) is 30.3 Å². The van der Waals surface area contributed by atoms with E-state index in [1.807, 2.05) is 13.0 Å². The van der Waals surface area contributed by atoms with Gasteiger partial charge in [-0.05, 0) is 24.6 Å². The Kier molecular flexibility index (Phi) is 4.36. The number of nitrogens with one attached hydrogen (secondary N) is 2. The highest BCUT2D eigenvalue weighted by molar-refractivity contribution is 5.22. The molecule has 2 aromatic rings. The van der Waals surface area contributed by atoms with E-state index in [4.69, 9.17) is 4.74 Å². The molecule has 0 unspecified atom stereocenters. The topological polar surface area (TPSA) is 49.9 Å². The summed E-state index contributed by atoms with van der Waals surface area (Å²) in [6.45, 7) is 6.51. The van der Waals surface area contributed by atoms with Crippen molar-refractivity contribution in [3.05, 3.63) is 47.2 Å². The van der Waals surface area contributed by atoms with Crippen molar-refractivity contribution in [2.24, 2.45) is 0 Å². The van der Waals surface area contributed by atoms with Crippen LogP contribution >= 0.6 is 0 Å². The minimum atomic E-state index is 0.547. The lowest BCUT2D eigenvalue weighted by molar-refractivity contribution is 0.293. The van der Waals surface area contributed by atoms with E-state index in [2.05, 4.69) is 46.7 Å². The zero-order valence-corrected chi connectivity index (χ0v) is 10.9.